The summed E-state index contributed by atoms with van der Waals surface area (Å²) < 4.78 is 6.41. The summed E-state index contributed by atoms with van der Waals surface area (Å²) in [6, 6.07) is 82.9. The summed E-state index contributed by atoms with van der Waals surface area (Å²) >= 11 is 0. The van der Waals surface area contributed by atoms with E-state index in [1.54, 1.807) is 0 Å². The topological polar surface area (TPSA) is 16.4 Å². The van der Waals surface area contributed by atoms with Crippen molar-refractivity contribution in [3.05, 3.63) is 247 Å². The standard InChI is InChI=1S/C61H37NO/c1-2-20-44-42(18-1)43-19-3-4-21-45(43)51-37-40(34-35-46(44)51)62(39-17-13-16-38(36-39)41-26-14-33-58-59(41)50-25-8-12-32-57(50)63-58)56-31-15-30-55-60(56)49-24-7-11-29-54(49)61(55)52-27-9-5-22-47(52)48-23-6-10-28-53(48)61/h1-37H. The van der Waals surface area contributed by atoms with Crippen LogP contribution < -0.4 is 4.90 Å². The fourth-order valence-corrected chi connectivity index (χ4v) is 11.6. The number of hydrogen-bond acceptors (Lipinski definition) is 2. The molecule has 1 spiro atoms. The van der Waals surface area contributed by atoms with Crippen LogP contribution in [0, 0.1) is 0 Å². The van der Waals surface area contributed by atoms with Crippen LogP contribution >= 0.6 is 0 Å². The summed E-state index contributed by atoms with van der Waals surface area (Å²) in [6.45, 7) is 0. The summed E-state index contributed by atoms with van der Waals surface area (Å²) in [4.78, 5) is 2.52. The normalized spacial score (nSPS) is 13.2. The SMILES string of the molecule is c1cc(-c2cccc3oc4ccccc4c23)cc(N(c2ccc3c4ccccc4c4ccccc4c3c2)c2cccc3c2-c2ccccc2C32c3ccccc3-c3ccccc32)c1. The number of para-hydroxylation sites is 1. The Labute approximate surface area is 364 Å². The van der Waals surface area contributed by atoms with Gasteiger partial charge >= 0.3 is 0 Å². The van der Waals surface area contributed by atoms with E-state index in [4.69, 9.17) is 4.42 Å². The van der Waals surface area contributed by atoms with Crippen molar-refractivity contribution in [2.75, 3.05) is 4.90 Å². The minimum atomic E-state index is -0.459. The highest BCUT2D eigenvalue weighted by Gasteiger charge is 2.52. The van der Waals surface area contributed by atoms with Gasteiger partial charge in [-0.2, -0.15) is 0 Å². The number of fused-ring (bicyclic) bond motifs is 19. The summed E-state index contributed by atoms with van der Waals surface area (Å²) in [5.41, 5.74) is 17.4. The zero-order chi connectivity index (χ0) is 41.2. The Balaban J connectivity index is 1.08. The second-order valence-electron chi connectivity index (χ2n) is 17.1. The van der Waals surface area contributed by atoms with Crippen LogP contribution in [0.5, 0.6) is 0 Å². The second-order valence-corrected chi connectivity index (χ2v) is 17.1. The highest BCUT2D eigenvalue weighted by molar-refractivity contribution is 6.26. The van der Waals surface area contributed by atoms with E-state index >= 15 is 0 Å². The van der Waals surface area contributed by atoms with Gasteiger partial charge in [0, 0.05) is 27.7 Å². The fourth-order valence-electron chi connectivity index (χ4n) is 11.6. The van der Waals surface area contributed by atoms with E-state index in [9.17, 15) is 0 Å². The van der Waals surface area contributed by atoms with Gasteiger partial charge in [-0.25, -0.2) is 0 Å². The molecule has 0 aliphatic heterocycles. The number of furan rings is 1. The lowest BCUT2D eigenvalue weighted by atomic mass is 9.70. The van der Waals surface area contributed by atoms with Crippen molar-refractivity contribution in [3.63, 3.8) is 0 Å². The highest BCUT2D eigenvalue weighted by Crippen LogP contribution is 2.64. The predicted molar refractivity (Wildman–Crippen MR) is 263 cm³/mol. The van der Waals surface area contributed by atoms with Gasteiger partial charge in [-0.15, -0.1) is 0 Å². The van der Waals surface area contributed by atoms with E-state index in [-0.39, 0.29) is 0 Å². The molecule has 12 aromatic rings. The monoisotopic (exact) mass is 799 g/mol. The smallest absolute Gasteiger partial charge is 0.136 e. The van der Waals surface area contributed by atoms with Crippen LogP contribution in [0.15, 0.2) is 229 Å². The van der Waals surface area contributed by atoms with Crippen molar-refractivity contribution in [1.82, 2.24) is 0 Å². The molecule has 2 nitrogen and oxygen atoms in total. The number of nitrogens with zero attached hydrogens (tertiary/aromatic N) is 1. The van der Waals surface area contributed by atoms with Gasteiger partial charge in [-0.05, 0) is 125 Å². The molecule has 14 rings (SSSR count). The van der Waals surface area contributed by atoms with Gasteiger partial charge in [-0.3, -0.25) is 0 Å². The van der Waals surface area contributed by atoms with Crippen LogP contribution in [0.4, 0.5) is 17.1 Å². The molecule has 292 valence electrons. The first-order chi connectivity index (χ1) is 31.3. The van der Waals surface area contributed by atoms with Gasteiger partial charge in [0.2, 0.25) is 0 Å². The molecular formula is C61H37NO. The van der Waals surface area contributed by atoms with E-state index in [2.05, 4.69) is 223 Å². The highest BCUT2D eigenvalue weighted by atomic mass is 16.3. The second kappa shape index (κ2) is 12.9. The number of benzene rings is 11. The first kappa shape index (κ1) is 34.5. The first-order valence-corrected chi connectivity index (χ1v) is 21.8. The van der Waals surface area contributed by atoms with Crippen LogP contribution in [0.25, 0.3) is 87.6 Å². The predicted octanol–water partition coefficient (Wildman–Crippen LogP) is 16.5. The van der Waals surface area contributed by atoms with Crippen LogP contribution in [0.2, 0.25) is 0 Å². The molecule has 0 unspecified atom stereocenters. The molecule has 2 heteroatoms. The molecule has 0 amide bonds. The minimum Gasteiger partial charge on any atom is -0.456 e. The summed E-state index contributed by atoms with van der Waals surface area (Å²) in [5, 5.41) is 9.81. The van der Waals surface area contributed by atoms with Crippen molar-refractivity contribution in [2.24, 2.45) is 0 Å². The Morgan fingerprint density at radius 3 is 1.52 bits per heavy atom. The lowest BCUT2D eigenvalue weighted by Crippen LogP contribution is -2.26. The Hall–Kier alpha value is -8.20. The van der Waals surface area contributed by atoms with Gasteiger partial charge < -0.3 is 9.32 Å². The molecule has 0 bridgehead atoms. The summed E-state index contributed by atoms with van der Waals surface area (Å²) in [7, 11) is 0. The molecule has 11 aromatic carbocycles. The lowest BCUT2D eigenvalue weighted by molar-refractivity contribution is 0.669. The zero-order valence-corrected chi connectivity index (χ0v) is 34.2. The van der Waals surface area contributed by atoms with Crippen molar-refractivity contribution < 1.29 is 4.42 Å². The van der Waals surface area contributed by atoms with Crippen LogP contribution in [0.3, 0.4) is 0 Å². The first-order valence-electron chi connectivity index (χ1n) is 21.8. The molecule has 0 saturated heterocycles. The average molecular weight is 800 g/mol. The molecule has 0 saturated carbocycles. The zero-order valence-electron chi connectivity index (χ0n) is 34.2. The molecule has 63 heavy (non-hydrogen) atoms. The Kier molecular flexibility index (Phi) is 7.07. The number of rotatable bonds is 4. The molecule has 0 radical (unpaired) electrons. The van der Waals surface area contributed by atoms with Crippen molar-refractivity contribution >= 4 is 71.3 Å². The van der Waals surface area contributed by atoms with Crippen LogP contribution in [-0.2, 0) is 5.41 Å². The third-order valence-corrected chi connectivity index (χ3v) is 14.0. The third kappa shape index (κ3) is 4.62. The maximum absolute atomic E-state index is 6.41. The van der Waals surface area contributed by atoms with Crippen molar-refractivity contribution in [2.45, 2.75) is 5.41 Å². The molecule has 0 fully saturated rings. The Morgan fingerprint density at radius 2 is 0.810 bits per heavy atom. The van der Waals surface area contributed by atoms with Gasteiger partial charge in [0.1, 0.15) is 11.2 Å². The minimum absolute atomic E-state index is 0.459. The number of anilines is 3. The van der Waals surface area contributed by atoms with Crippen LogP contribution in [0.1, 0.15) is 22.3 Å². The third-order valence-electron chi connectivity index (χ3n) is 14.0. The molecular weight excluding hydrogens is 763 g/mol. The summed E-state index contributed by atoms with van der Waals surface area (Å²) in [5.74, 6) is 0. The molecule has 1 heterocycles. The lowest BCUT2D eigenvalue weighted by Gasteiger charge is -2.32. The molecule has 2 aliphatic carbocycles. The van der Waals surface area contributed by atoms with E-state index < -0.39 is 5.41 Å². The number of hydrogen-bond donors (Lipinski definition) is 0. The Morgan fingerprint density at radius 1 is 0.317 bits per heavy atom. The molecule has 2 aliphatic rings. The largest absolute Gasteiger partial charge is 0.456 e. The molecule has 1 aromatic heterocycles. The fraction of sp³-hybridized carbons (Fsp3) is 0.0164. The van der Waals surface area contributed by atoms with Crippen LogP contribution in [-0.4, -0.2) is 0 Å². The van der Waals surface area contributed by atoms with Gasteiger partial charge in [0.15, 0.2) is 0 Å². The van der Waals surface area contributed by atoms with Gasteiger partial charge in [0.25, 0.3) is 0 Å². The van der Waals surface area contributed by atoms with Gasteiger partial charge in [0.05, 0.1) is 11.1 Å². The van der Waals surface area contributed by atoms with E-state index in [1.807, 2.05) is 6.07 Å². The average Bonchev–Trinajstić information content (AvgIpc) is 3.99. The van der Waals surface area contributed by atoms with E-state index in [0.29, 0.717) is 0 Å². The maximum Gasteiger partial charge on any atom is 0.136 e. The quantitative estimate of drug-likeness (QED) is 0.165. The van der Waals surface area contributed by atoms with E-state index in [1.165, 1.54) is 76.8 Å². The van der Waals surface area contributed by atoms with E-state index in [0.717, 1.165) is 50.1 Å². The summed E-state index contributed by atoms with van der Waals surface area (Å²) in [6.07, 6.45) is 0. The van der Waals surface area contributed by atoms with Crippen molar-refractivity contribution in [1.29, 1.82) is 0 Å². The molecule has 0 N–H and O–H groups in total. The molecule has 0 atom stereocenters. The van der Waals surface area contributed by atoms with Crippen molar-refractivity contribution in [3.8, 4) is 33.4 Å². The Bertz CT molecular complexity index is 3810. The maximum atomic E-state index is 6.41. The van der Waals surface area contributed by atoms with Gasteiger partial charge in [-0.1, -0.05) is 182 Å².